The lowest BCUT2D eigenvalue weighted by atomic mass is 10.1. The molecule has 108 valence electrons. The van der Waals surface area contributed by atoms with Gasteiger partial charge in [-0.2, -0.15) is 0 Å². The largest absolute Gasteiger partial charge is 0.289 e. The number of aromatic nitrogens is 2. The lowest BCUT2D eigenvalue weighted by Gasteiger charge is -2.03. The molecular formula is C18H13ClN2O. The van der Waals surface area contributed by atoms with Gasteiger partial charge in [0.1, 0.15) is 0 Å². The Kier molecular flexibility index (Phi) is 3.98. The molecule has 0 fully saturated rings. The highest BCUT2D eigenvalue weighted by Crippen LogP contribution is 2.16. The van der Waals surface area contributed by atoms with Crippen LogP contribution < -0.4 is 0 Å². The number of benzene rings is 1. The normalized spacial score (nSPS) is 11.2. The standard InChI is InChI=1S/C18H13ClN2O/c1-12-16(11-14-3-2-10-20-18(14)21-12)17(22)9-6-13-4-7-15(19)8-5-13/h2-11H,1H3/b9-6+. The Labute approximate surface area is 133 Å². The Hall–Kier alpha value is -2.52. The van der Waals surface area contributed by atoms with Crippen molar-refractivity contribution in [3.63, 3.8) is 0 Å². The van der Waals surface area contributed by atoms with Gasteiger partial charge < -0.3 is 0 Å². The molecule has 0 unspecified atom stereocenters. The van der Waals surface area contributed by atoms with Crippen molar-refractivity contribution in [3.05, 3.63) is 76.6 Å². The minimum Gasteiger partial charge on any atom is -0.289 e. The van der Waals surface area contributed by atoms with E-state index >= 15 is 0 Å². The highest BCUT2D eigenvalue weighted by atomic mass is 35.5. The van der Waals surface area contributed by atoms with E-state index in [4.69, 9.17) is 11.6 Å². The predicted molar refractivity (Wildman–Crippen MR) is 89.1 cm³/mol. The van der Waals surface area contributed by atoms with E-state index in [1.54, 1.807) is 30.5 Å². The van der Waals surface area contributed by atoms with Gasteiger partial charge in [0, 0.05) is 22.2 Å². The maximum atomic E-state index is 12.4. The van der Waals surface area contributed by atoms with Crippen molar-refractivity contribution in [1.29, 1.82) is 0 Å². The minimum absolute atomic E-state index is 0.0781. The third-order valence-corrected chi connectivity index (χ3v) is 3.59. The van der Waals surface area contributed by atoms with Gasteiger partial charge in [0.25, 0.3) is 0 Å². The quantitative estimate of drug-likeness (QED) is 0.529. The number of pyridine rings is 2. The van der Waals surface area contributed by atoms with Gasteiger partial charge in [0.05, 0.1) is 5.69 Å². The predicted octanol–water partition coefficient (Wildman–Crippen LogP) is 4.49. The molecule has 3 aromatic rings. The summed E-state index contributed by atoms with van der Waals surface area (Å²) in [6.07, 6.45) is 5.01. The Balaban J connectivity index is 1.91. The van der Waals surface area contributed by atoms with Gasteiger partial charge in [-0.3, -0.25) is 4.79 Å². The van der Waals surface area contributed by atoms with E-state index in [0.717, 1.165) is 10.9 Å². The lowest BCUT2D eigenvalue weighted by Crippen LogP contribution is -2.01. The second-order valence-electron chi connectivity index (χ2n) is 4.92. The summed E-state index contributed by atoms with van der Waals surface area (Å²) >= 11 is 5.84. The molecule has 22 heavy (non-hydrogen) atoms. The number of carbonyl (C=O) groups excluding carboxylic acids is 1. The first-order chi connectivity index (χ1) is 10.6. The van der Waals surface area contributed by atoms with Gasteiger partial charge in [0.2, 0.25) is 0 Å². The molecule has 0 aliphatic carbocycles. The fourth-order valence-electron chi connectivity index (χ4n) is 2.18. The molecule has 4 heteroatoms. The van der Waals surface area contributed by atoms with E-state index in [2.05, 4.69) is 9.97 Å². The van der Waals surface area contributed by atoms with Crippen LogP contribution in [-0.4, -0.2) is 15.8 Å². The van der Waals surface area contributed by atoms with Crippen LogP contribution in [0.5, 0.6) is 0 Å². The zero-order valence-electron chi connectivity index (χ0n) is 12.0. The van der Waals surface area contributed by atoms with Crippen molar-refractivity contribution in [2.24, 2.45) is 0 Å². The summed E-state index contributed by atoms with van der Waals surface area (Å²) in [7, 11) is 0. The Bertz CT molecular complexity index is 870. The van der Waals surface area contributed by atoms with Crippen LogP contribution in [0.4, 0.5) is 0 Å². The molecule has 0 radical (unpaired) electrons. The smallest absolute Gasteiger partial charge is 0.187 e. The van der Waals surface area contributed by atoms with Gasteiger partial charge in [-0.25, -0.2) is 9.97 Å². The molecule has 0 saturated carbocycles. The van der Waals surface area contributed by atoms with E-state index in [-0.39, 0.29) is 5.78 Å². The highest BCUT2D eigenvalue weighted by Gasteiger charge is 2.09. The molecule has 0 aliphatic heterocycles. The summed E-state index contributed by atoms with van der Waals surface area (Å²) in [5.74, 6) is -0.0781. The van der Waals surface area contributed by atoms with Crippen molar-refractivity contribution >= 4 is 34.5 Å². The molecule has 0 bridgehead atoms. The first-order valence-electron chi connectivity index (χ1n) is 6.84. The van der Waals surface area contributed by atoms with Crippen molar-refractivity contribution in [3.8, 4) is 0 Å². The van der Waals surface area contributed by atoms with Crippen LogP contribution in [0, 0.1) is 6.92 Å². The van der Waals surface area contributed by atoms with Crippen molar-refractivity contribution in [1.82, 2.24) is 9.97 Å². The first kappa shape index (κ1) is 14.4. The maximum absolute atomic E-state index is 12.4. The van der Waals surface area contributed by atoms with Gasteiger partial charge >= 0.3 is 0 Å². The molecule has 3 rings (SSSR count). The molecule has 1 aromatic carbocycles. The third-order valence-electron chi connectivity index (χ3n) is 3.34. The molecule has 3 nitrogen and oxygen atoms in total. The number of nitrogens with zero attached hydrogens (tertiary/aromatic N) is 2. The minimum atomic E-state index is -0.0781. The van der Waals surface area contributed by atoms with Crippen molar-refractivity contribution < 1.29 is 4.79 Å². The van der Waals surface area contributed by atoms with Crippen LogP contribution in [-0.2, 0) is 0 Å². The van der Waals surface area contributed by atoms with E-state index in [1.807, 2.05) is 37.3 Å². The Morgan fingerprint density at radius 2 is 1.95 bits per heavy atom. The SMILES string of the molecule is Cc1nc2ncccc2cc1C(=O)/C=C/c1ccc(Cl)cc1. The summed E-state index contributed by atoms with van der Waals surface area (Å²) in [4.78, 5) is 20.9. The van der Waals surface area contributed by atoms with Crippen molar-refractivity contribution in [2.45, 2.75) is 6.92 Å². The third kappa shape index (κ3) is 3.05. The molecular weight excluding hydrogens is 296 g/mol. The number of allylic oxidation sites excluding steroid dienone is 1. The summed E-state index contributed by atoms with van der Waals surface area (Å²) in [6.45, 7) is 1.82. The molecule has 0 amide bonds. The molecule has 0 atom stereocenters. The van der Waals surface area contributed by atoms with Crippen LogP contribution in [0.25, 0.3) is 17.1 Å². The van der Waals surface area contributed by atoms with E-state index < -0.39 is 0 Å². The van der Waals surface area contributed by atoms with Gasteiger partial charge in [-0.05, 0) is 48.9 Å². The van der Waals surface area contributed by atoms with Crippen LogP contribution in [0.2, 0.25) is 5.02 Å². The molecule has 0 N–H and O–H groups in total. The fraction of sp³-hybridized carbons (Fsp3) is 0.0556. The molecule has 0 saturated heterocycles. The monoisotopic (exact) mass is 308 g/mol. The number of hydrogen-bond donors (Lipinski definition) is 0. The average Bonchev–Trinajstić information content (AvgIpc) is 2.53. The topological polar surface area (TPSA) is 42.9 Å². The van der Waals surface area contributed by atoms with E-state index in [9.17, 15) is 4.79 Å². The number of fused-ring (bicyclic) bond motifs is 1. The number of hydrogen-bond acceptors (Lipinski definition) is 3. The van der Waals surface area contributed by atoms with Gasteiger partial charge in [0.15, 0.2) is 11.4 Å². The Morgan fingerprint density at radius 1 is 1.18 bits per heavy atom. The lowest BCUT2D eigenvalue weighted by molar-refractivity contribution is 0.104. The van der Waals surface area contributed by atoms with Crippen LogP contribution in [0.3, 0.4) is 0 Å². The molecule has 2 heterocycles. The highest BCUT2D eigenvalue weighted by molar-refractivity contribution is 6.30. The first-order valence-corrected chi connectivity index (χ1v) is 7.21. The summed E-state index contributed by atoms with van der Waals surface area (Å²) in [6, 6.07) is 12.9. The van der Waals surface area contributed by atoms with E-state index in [1.165, 1.54) is 0 Å². The zero-order chi connectivity index (χ0) is 15.5. The fourth-order valence-corrected chi connectivity index (χ4v) is 2.31. The van der Waals surface area contributed by atoms with Gasteiger partial charge in [-0.15, -0.1) is 0 Å². The second-order valence-corrected chi connectivity index (χ2v) is 5.36. The maximum Gasteiger partial charge on any atom is 0.187 e. The number of aryl methyl sites for hydroxylation is 1. The number of ketones is 1. The average molecular weight is 309 g/mol. The number of carbonyl (C=O) groups is 1. The van der Waals surface area contributed by atoms with Gasteiger partial charge in [-0.1, -0.05) is 29.8 Å². The number of halogens is 1. The second kappa shape index (κ2) is 6.08. The zero-order valence-corrected chi connectivity index (χ0v) is 12.7. The van der Waals surface area contributed by atoms with E-state index in [0.29, 0.717) is 21.9 Å². The molecule has 0 aliphatic rings. The summed E-state index contributed by atoms with van der Waals surface area (Å²) < 4.78 is 0. The van der Waals surface area contributed by atoms with Crippen LogP contribution >= 0.6 is 11.6 Å². The Morgan fingerprint density at radius 3 is 2.73 bits per heavy atom. The summed E-state index contributed by atoms with van der Waals surface area (Å²) in [5.41, 5.74) is 2.84. The summed E-state index contributed by atoms with van der Waals surface area (Å²) in [5, 5.41) is 1.53. The molecule has 0 spiro atoms. The van der Waals surface area contributed by atoms with Crippen LogP contribution in [0.1, 0.15) is 21.6 Å². The van der Waals surface area contributed by atoms with Crippen LogP contribution in [0.15, 0.2) is 54.7 Å². The number of rotatable bonds is 3. The van der Waals surface area contributed by atoms with Crippen molar-refractivity contribution in [2.75, 3.05) is 0 Å². The molecule has 2 aromatic heterocycles.